The highest BCUT2D eigenvalue weighted by molar-refractivity contribution is 5.94. The van der Waals surface area contributed by atoms with Crippen molar-refractivity contribution in [1.29, 1.82) is 0 Å². The molecule has 170 valence electrons. The molecule has 2 atom stereocenters. The third-order valence-electron chi connectivity index (χ3n) is 6.36. The van der Waals surface area contributed by atoms with Crippen molar-refractivity contribution in [2.75, 3.05) is 25.0 Å². The summed E-state index contributed by atoms with van der Waals surface area (Å²) in [6.45, 7) is 2.83. The van der Waals surface area contributed by atoms with Crippen LogP contribution in [-0.4, -0.2) is 53.9 Å². The van der Waals surface area contributed by atoms with E-state index in [0.29, 0.717) is 24.6 Å². The second-order valence-corrected chi connectivity index (χ2v) is 8.73. The summed E-state index contributed by atoms with van der Waals surface area (Å²) in [5, 5.41) is 3.51. The number of hydrogen-bond donors (Lipinski definition) is 2. The smallest absolute Gasteiger partial charge is 0.303 e. The van der Waals surface area contributed by atoms with Crippen LogP contribution in [0.2, 0.25) is 0 Å². The van der Waals surface area contributed by atoms with Gasteiger partial charge in [0.15, 0.2) is 12.1 Å². The first-order chi connectivity index (χ1) is 15.2. The third-order valence-corrected chi connectivity index (χ3v) is 6.36. The van der Waals surface area contributed by atoms with Gasteiger partial charge in [0.05, 0.1) is 0 Å². The molecule has 1 aliphatic carbocycles. The number of halogens is 1. The van der Waals surface area contributed by atoms with Crippen molar-refractivity contribution in [2.45, 2.75) is 76.2 Å². The quantitative estimate of drug-likeness (QED) is 0.504. The summed E-state index contributed by atoms with van der Waals surface area (Å²) in [6.07, 6.45) is 12.5. The summed E-state index contributed by atoms with van der Waals surface area (Å²) in [5.41, 5.74) is 2.64. The standard InChI is InChI=1S/C23H33FN4O3/c24-20(23(29)27-31-22-9-3-4-13-30-22)14-17-10-11-21(25-15-17)26-18-6-5-12-28(16-18)19-7-1-2-8-19/h10-11,14-15,18-19,22H,1-9,12-13,16H2,(H,25,26)(H,27,29)/b20-14+/t18-,22?/m1/s1. The number of anilines is 1. The fourth-order valence-electron chi connectivity index (χ4n) is 4.69. The van der Waals surface area contributed by atoms with Crippen LogP contribution < -0.4 is 10.8 Å². The van der Waals surface area contributed by atoms with Gasteiger partial charge >= 0.3 is 5.91 Å². The van der Waals surface area contributed by atoms with E-state index in [9.17, 15) is 9.18 Å². The highest BCUT2D eigenvalue weighted by Crippen LogP contribution is 2.27. The molecule has 1 aromatic rings. The van der Waals surface area contributed by atoms with Crippen LogP contribution in [0.5, 0.6) is 0 Å². The second kappa shape index (κ2) is 11.0. The molecule has 0 radical (unpaired) electrons. The largest absolute Gasteiger partial charge is 0.366 e. The molecule has 0 bridgehead atoms. The first-order valence-electron chi connectivity index (χ1n) is 11.6. The SMILES string of the molecule is O=C(NOC1CCCCO1)/C(F)=C\c1ccc(N[C@@H]2CCCN(C3CCCC3)C2)nc1. The van der Waals surface area contributed by atoms with Gasteiger partial charge in [0, 0.05) is 37.9 Å². The van der Waals surface area contributed by atoms with Gasteiger partial charge in [-0.05, 0) is 68.8 Å². The van der Waals surface area contributed by atoms with E-state index in [1.54, 1.807) is 12.3 Å². The summed E-state index contributed by atoms with van der Waals surface area (Å²) in [5.74, 6) is -1.08. The number of hydroxylamine groups is 1. The van der Waals surface area contributed by atoms with E-state index in [-0.39, 0.29) is 0 Å². The fraction of sp³-hybridized carbons (Fsp3) is 0.652. The molecule has 3 aliphatic rings. The number of rotatable bonds is 7. The number of ether oxygens (including phenoxy) is 1. The van der Waals surface area contributed by atoms with E-state index >= 15 is 0 Å². The Morgan fingerprint density at radius 3 is 2.74 bits per heavy atom. The van der Waals surface area contributed by atoms with Crippen molar-refractivity contribution in [1.82, 2.24) is 15.4 Å². The van der Waals surface area contributed by atoms with Gasteiger partial charge in [-0.25, -0.2) is 19.7 Å². The lowest BCUT2D eigenvalue weighted by Gasteiger charge is -2.37. The molecule has 7 nitrogen and oxygen atoms in total. The van der Waals surface area contributed by atoms with Crippen molar-refractivity contribution in [3.8, 4) is 0 Å². The van der Waals surface area contributed by atoms with Gasteiger partial charge in [-0.3, -0.25) is 9.69 Å². The van der Waals surface area contributed by atoms with Crippen LogP contribution in [0.3, 0.4) is 0 Å². The number of aromatic nitrogens is 1. The van der Waals surface area contributed by atoms with Crippen molar-refractivity contribution in [2.24, 2.45) is 0 Å². The minimum absolute atomic E-state index is 0.380. The van der Waals surface area contributed by atoms with Gasteiger partial charge in [0.25, 0.3) is 0 Å². The van der Waals surface area contributed by atoms with Crippen molar-refractivity contribution >= 4 is 17.8 Å². The first kappa shape index (κ1) is 22.2. The normalized spacial score (nSPS) is 26.0. The lowest BCUT2D eigenvalue weighted by atomic mass is 10.0. The summed E-state index contributed by atoms with van der Waals surface area (Å²) in [6, 6.07) is 4.71. The molecule has 2 N–H and O–H groups in total. The number of nitrogens with zero attached hydrogens (tertiary/aromatic N) is 2. The summed E-state index contributed by atoms with van der Waals surface area (Å²) >= 11 is 0. The van der Waals surface area contributed by atoms with Crippen molar-refractivity contribution in [3.63, 3.8) is 0 Å². The molecule has 2 aliphatic heterocycles. The molecule has 1 amide bonds. The van der Waals surface area contributed by atoms with Crippen LogP contribution in [0.4, 0.5) is 10.2 Å². The van der Waals surface area contributed by atoms with Crippen LogP contribution in [0, 0.1) is 0 Å². The third kappa shape index (κ3) is 6.48. The molecule has 4 rings (SSSR count). The molecule has 1 unspecified atom stereocenters. The van der Waals surface area contributed by atoms with Crippen LogP contribution in [-0.2, 0) is 14.4 Å². The van der Waals surface area contributed by atoms with E-state index in [1.807, 2.05) is 6.07 Å². The number of piperidine rings is 1. The van der Waals surface area contributed by atoms with E-state index in [0.717, 1.165) is 43.7 Å². The van der Waals surface area contributed by atoms with E-state index in [2.05, 4.69) is 20.7 Å². The van der Waals surface area contributed by atoms with Gasteiger partial charge in [-0.1, -0.05) is 12.8 Å². The number of carbonyl (C=O) groups excluding carboxylic acids is 1. The Labute approximate surface area is 183 Å². The molecule has 31 heavy (non-hydrogen) atoms. The topological polar surface area (TPSA) is 75.7 Å². The first-order valence-corrected chi connectivity index (χ1v) is 11.6. The summed E-state index contributed by atoms with van der Waals surface area (Å²) in [4.78, 5) is 24.0. The lowest BCUT2D eigenvalue weighted by Crippen LogP contribution is -2.46. The molecule has 3 fully saturated rings. The average molecular weight is 433 g/mol. The Morgan fingerprint density at radius 1 is 1.16 bits per heavy atom. The highest BCUT2D eigenvalue weighted by atomic mass is 19.1. The lowest BCUT2D eigenvalue weighted by molar-refractivity contribution is -0.199. The van der Waals surface area contributed by atoms with Gasteiger partial charge in [-0.2, -0.15) is 0 Å². The number of pyridine rings is 1. The van der Waals surface area contributed by atoms with Crippen LogP contribution in [0.15, 0.2) is 24.2 Å². The van der Waals surface area contributed by atoms with Gasteiger partial charge in [0.2, 0.25) is 0 Å². The fourth-order valence-corrected chi connectivity index (χ4v) is 4.69. The van der Waals surface area contributed by atoms with Gasteiger partial charge < -0.3 is 10.1 Å². The monoisotopic (exact) mass is 432 g/mol. The number of hydrogen-bond acceptors (Lipinski definition) is 6. The van der Waals surface area contributed by atoms with Crippen molar-refractivity contribution in [3.05, 3.63) is 29.7 Å². The van der Waals surface area contributed by atoms with Gasteiger partial charge in [-0.15, -0.1) is 0 Å². The molecule has 3 heterocycles. The Balaban J connectivity index is 1.25. The number of likely N-dealkylation sites (tertiary alicyclic amines) is 1. The Bertz CT molecular complexity index is 746. The maximum Gasteiger partial charge on any atom is 0.303 e. The van der Waals surface area contributed by atoms with Crippen LogP contribution >= 0.6 is 0 Å². The summed E-state index contributed by atoms with van der Waals surface area (Å²) in [7, 11) is 0. The Kier molecular flexibility index (Phi) is 7.88. The predicted molar refractivity (Wildman–Crippen MR) is 117 cm³/mol. The van der Waals surface area contributed by atoms with Crippen LogP contribution in [0.25, 0.3) is 6.08 Å². The predicted octanol–water partition coefficient (Wildman–Crippen LogP) is 3.79. The number of nitrogens with one attached hydrogen (secondary N) is 2. The molecule has 0 spiro atoms. The van der Waals surface area contributed by atoms with E-state index in [4.69, 9.17) is 9.57 Å². The highest BCUT2D eigenvalue weighted by Gasteiger charge is 2.27. The maximum atomic E-state index is 14.2. The zero-order valence-electron chi connectivity index (χ0n) is 18.0. The molecule has 0 aromatic carbocycles. The van der Waals surface area contributed by atoms with Crippen molar-refractivity contribution < 1.29 is 18.8 Å². The second-order valence-electron chi connectivity index (χ2n) is 8.73. The van der Waals surface area contributed by atoms with E-state index in [1.165, 1.54) is 38.6 Å². The molecule has 2 saturated heterocycles. The van der Waals surface area contributed by atoms with Crippen LogP contribution in [0.1, 0.15) is 63.4 Å². The molecule has 1 saturated carbocycles. The molecular weight excluding hydrogens is 399 g/mol. The zero-order valence-corrected chi connectivity index (χ0v) is 18.0. The zero-order chi connectivity index (χ0) is 21.5. The minimum Gasteiger partial charge on any atom is -0.366 e. The molecule has 1 aromatic heterocycles. The maximum absolute atomic E-state index is 14.2. The number of amides is 1. The van der Waals surface area contributed by atoms with Gasteiger partial charge in [0.1, 0.15) is 5.82 Å². The minimum atomic E-state index is -0.933. The number of carbonyl (C=O) groups is 1. The Hall–Kier alpha value is -2.03. The molecular formula is C23H33FN4O3. The molecule has 8 heteroatoms. The summed E-state index contributed by atoms with van der Waals surface area (Å²) < 4.78 is 19.5. The Morgan fingerprint density at radius 2 is 2.00 bits per heavy atom. The average Bonchev–Trinajstić information content (AvgIpc) is 3.35. The van der Waals surface area contributed by atoms with E-state index < -0.39 is 18.0 Å².